The van der Waals surface area contributed by atoms with Gasteiger partial charge in [-0.2, -0.15) is 0 Å². The van der Waals surface area contributed by atoms with Crippen molar-refractivity contribution in [1.29, 1.82) is 0 Å². The van der Waals surface area contributed by atoms with Gasteiger partial charge >= 0.3 is 0 Å². The highest BCUT2D eigenvalue weighted by Gasteiger charge is 2.28. The summed E-state index contributed by atoms with van der Waals surface area (Å²) in [6, 6.07) is 10.1. The number of piperazine rings is 2. The van der Waals surface area contributed by atoms with Crippen molar-refractivity contribution < 1.29 is 4.79 Å². The minimum atomic E-state index is 0.0796. The van der Waals surface area contributed by atoms with E-state index in [1.165, 1.54) is 0 Å². The van der Waals surface area contributed by atoms with E-state index in [1.54, 1.807) is 6.20 Å². The molecular weight excluding hydrogens is 352 g/mol. The summed E-state index contributed by atoms with van der Waals surface area (Å²) in [5.41, 5.74) is 1.10. The standard InChI is InChI=1S/C21H28N6O/c28-21(27-11-9-23-17-19(27)18-4-3-7-22-16-18)6-10-25-12-14-26(15-13-25)20-5-1-2-8-24-20/h1-5,7-8,16,19,23H,6,9-15,17H2. The van der Waals surface area contributed by atoms with Crippen LogP contribution < -0.4 is 10.2 Å². The lowest BCUT2D eigenvalue weighted by Gasteiger charge is -2.38. The first-order valence-corrected chi connectivity index (χ1v) is 10.1. The third kappa shape index (κ3) is 4.48. The summed E-state index contributed by atoms with van der Waals surface area (Å²) in [6.07, 6.45) is 6.05. The maximum absolute atomic E-state index is 12.9. The molecule has 2 aromatic heterocycles. The summed E-state index contributed by atoms with van der Waals surface area (Å²) in [6.45, 7) is 7.07. The molecule has 0 radical (unpaired) electrons. The molecule has 0 spiro atoms. The summed E-state index contributed by atoms with van der Waals surface area (Å²) < 4.78 is 0. The number of anilines is 1. The summed E-state index contributed by atoms with van der Waals surface area (Å²) in [5.74, 6) is 1.28. The maximum atomic E-state index is 12.9. The van der Waals surface area contributed by atoms with E-state index in [0.29, 0.717) is 6.42 Å². The first kappa shape index (κ1) is 18.8. The number of carbonyl (C=O) groups excluding carboxylic acids is 1. The van der Waals surface area contributed by atoms with Gasteiger partial charge in [0.2, 0.25) is 5.91 Å². The minimum Gasteiger partial charge on any atom is -0.354 e. The molecule has 2 aliphatic heterocycles. The number of pyridine rings is 2. The van der Waals surface area contributed by atoms with Crippen LogP contribution >= 0.6 is 0 Å². The van der Waals surface area contributed by atoms with Crippen LogP contribution in [0.4, 0.5) is 5.82 Å². The molecule has 1 atom stereocenters. The van der Waals surface area contributed by atoms with Crippen LogP contribution in [0.2, 0.25) is 0 Å². The quantitative estimate of drug-likeness (QED) is 0.840. The van der Waals surface area contributed by atoms with Crippen molar-refractivity contribution in [3.63, 3.8) is 0 Å². The Morgan fingerprint density at radius 1 is 1.07 bits per heavy atom. The molecule has 2 aliphatic rings. The van der Waals surface area contributed by atoms with Crippen LogP contribution in [-0.2, 0) is 4.79 Å². The SMILES string of the molecule is O=C(CCN1CCN(c2ccccn2)CC1)N1CCNCC1c1cccnc1. The van der Waals surface area contributed by atoms with Crippen molar-refractivity contribution >= 4 is 11.7 Å². The molecule has 0 aromatic carbocycles. The number of rotatable bonds is 5. The first-order valence-electron chi connectivity index (χ1n) is 10.1. The number of nitrogens with one attached hydrogen (secondary N) is 1. The molecule has 4 heterocycles. The van der Waals surface area contributed by atoms with Crippen LogP contribution in [0.25, 0.3) is 0 Å². The van der Waals surface area contributed by atoms with Crippen molar-refractivity contribution in [1.82, 2.24) is 25.1 Å². The minimum absolute atomic E-state index is 0.0796. The van der Waals surface area contributed by atoms with E-state index in [2.05, 4.69) is 37.2 Å². The van der Waals surface area contributed by atoms with Gasteiger partial charge in [-0.3, -0.25) is 14.7 Å². The van der Waals surface area contributed by atoms with Crippen LogP contribution in [0.1, 0.15) is 18.0 Å². The average molecular weight is 380 g/mol. The molecule has 0 saturated carbocycles. The highest BCUT2D eigenvalue weighted by Crippen LogP contribution is 2.22. The average Bonchev–Trinajstić information content (AvgIpc) is 2.79. The smallest absolute Gasteiger partial charge is 0.224 e. The summed E-state index contributed by atoms with van der Waals surface area (Å²) in [4.78, 5) is 28.3. The lowest BCUT2D eigenvalue weighted by Crippen LogP contribution is -2.50. The number of aromatic nitrogens is 2. The Bertz CT molecular complexity index is 748. The molecule has 0 aliphatic carbocycles. The Kier molecular flexibility index (Phi) is 6.14. The number of nitrogens with zero attached hydrogens (tertiary/aromatic N) is 5. The largest absolute Gasteiger partial charge is 0.354 e. The molecule has 1 amide bonds. The zero-order valence-electron chi connectivity index (χ0n) is 16.2. The van der Waals surface area contributed by atoms with Crippen molar-refractivity contribution in [3.8, 4) is 0 Å². The van der Waals surface area contributed by atoms with Gasteiger partial charge in [0.1, 0.15) is 5.82 Å². The highest BCUT2D eigenvalue weighted by atomic mass is 16.2. The molecule has 2 saturated heterocycles. The fourth-order valence-electron chi connectivity index (χ4n) is 4.01. The van der Waals surface area contributed by atoms with Gasteiger partial charge in [-0.15, -0.1) is 0 Å². The Morgan fingerprint density at radius 3 is 2.71 bits per heavy atom. The van der Waals surface area contributed by atoms with Crippen LogP contribution in [0, 0.1) is 0 Å². The molecule has 4 rings (SSSR count). The topological polar surface area (TPSA) is 64.6 Å². The molecule has 0 bridgehead atoms. The van der Waals surface area contributed by atoms with E-state index >= 15 is 0 Å². The van der Waals surface area contributed by atoms with E-state index in [4.69, 9.17) is 0 Å². The van der Waals surface area contributed by atoms with Gasteiger partial charge in [-0.25, -0.2) is 4.98 Å². The van der Waals surface area contributed by atoms with Gasteiger partial charge in [0.25, 0.3) is 0 Å². The van der Waals surface area contributed by atoms with Gasteiger partial charge in [0.15, 0.2) is 0 Å². The van der Waals surface area contributed by atoms with E-state index in [9.17, 15) is 4.79 Å². The summed E-state index contributed by atoms with van der Waals surface area (Å²) in [5, 5.41) is 3.40. The third-order valence-corrected chi connectivity index (χ3v) is 5.62. The second kappa shape index (κ2) is 9.12. The molecule has 1 unspecified atom stereocenters. The number of hydrogen-bond acceptors (Lipinski definition) is 6. The van der Waals surface area contributed by atoms with Crippen molar-refractivity contribution in [2.24, 2.45) is 0 Å². The van der Waals surface area contributed by atoms with Crippen LogP contribution in [0.15, 0.2) is 48.9 Å². The second-order valence-corrected chi connectivity index (χ2v) is 7.36. The van der Waals surface area contributed by atoms with Crippen molar-refractivity contribution in [3.05, 3.63) is 54.5 Å². The van der Waals surface area contributed by atoms with Gasteiger partial charge in [-0.1, -0.05) is 12.1 Å². The highest BCUT2D eigenvalue weighted by molar-refractivity contribution is 5.77. The predicted octanol–water partition coefficient (Wildman–Crippen LogP) is 1.16. The fourth-order valence-corrected chi connectivity index (χ4v) is 4.01. The number of amides is 1. The molecule has 28 heavy (non-hydrogen) atoms. The van der Waals surface area contributed by atoms with Crippen molar-refractivity contribution in [2.45, 2.75) is 12.5 Å². The van der Waals surface area contributed by atoms with Gasteiger partial charge in [0, 0.05) is 77.4 Å². The molecule has 7 heteroatoms. The van der Waals surface area contributed by atoms with E-state index in [0.717, 1.165) is 63.7 Å². The monoisotopic (exact) mass is 380 g/mol. The van der Waals surface area contributed by atoms with E-state index in [1.807, 2.05) is 35.5 Å². The zero-order chi connectivity index (χ0) is 19.2. The number of carbonyl (C=O) groups is 1. The zero-order valence-corrected chi connectivity index (χ0v) is 16.2. The molecule has 2 aromatic rings. The fraction of sp³-hybridized carbons (Fsp3) is 0.476. The lowest BCUT2D eigenvalue weighted by atomic mass is 10.0. The Morgan fingerprint density at radius 2 is 1.96 bits per heavy atom. The Balaban J connectivity index is 1.28. The van der Waals surface area contributed by atoms with E-state index < -0.39 is 0 Å². The molecule has 7 nitrogen and oxygen atoms in total. The summed E-state index contributed by atoms with van der Waals surface area (Å²) in [7, 11) is 0. The maximum Gasteiger partial charge on any atom is 0.224 e. The molecular formula is C21H28N6O. The Hall–Kier alpha value is -2.51. The molecule has 1 N–H and O–H groups in total. The normalized spacial score (nSPS) is 20.9. The Labute approximate surface area is 166 Å². The van der Waals surface area contributed by atoms with Gasteiger partial charge in [0.05, 0.1) is 6.04 Å². The second-order valence-electron chi connectivity index (χ2n) is 7.36. The predicted molar refractivity (Wildman–Crippen MR) is 109 cm³/mol. The molecule has 148 valence electrons. The van der Waals surface area contributed by atoms with Crippen molar-refractivity contribution in [2.75, 3.05) is 57.3 Å². The van der Waals surface area contributed by atoms with E-state index in [-0.39, 0.29) is 11.9 Å². The van der Waals surface area contributed by atoms with Gasteiger partial charge < -0.3 is 15.1 Å². The van der Waals surface area contributed by atoms with Gasteiger partial charge in [-0.05, 0) is 23.8 Å². The van der Waals surface area contributed by atoms with Crippen LogP contribution in [0.5, 0.6) is 0 Å². The summed E-state index contributed by atoms with van der Waals surface area (Å²) >= 11 is 0. The number of hydrogen-bond donors (Lipinski definition) is 1. The van der Waals surface area contributed by atoms with Crippen LogP contribution in [-0.4, -0.2) is 78.0 Å². The third-order valence-electron chi connectivity index (χ3n) is 5.62. The van der Waals surface area contributed by atoms with Crippen LogP contribution in [0.3, 0.4) is 0 Å². The first-order chi connectivity index (χ1) is 13.8. The molecule has 2 fully saturated rings. The lowest BCUT2D eigenvalue weighted by molar-refractivity contribution is -0.135.